The van der Waals surface area contributed by atoms with Gasteiger partial charge in [0.25, 0.3) is 0 Å². The lowest BCUT2D eigenvalue weighted by Crippen LogP contribution is -2.44. The van der Waals surface area contributed by atoms with Crippen LogP contribution in [-0.4, -0.2) is 48.4 Å². The summed E-state index contributed by atoms with van der Waals surface area (Å²) in [5.74, 6) is 0.982. The highest BCUT2D eigenvalue weighted by atomic mass is 16.5. The van der Waals surface area contributed by atoms with Gasteiger partial charge in [-0.15, -0.1) is 0 Å². The number of nitrogens with one attached hydrogen (secondary N) is 1. The third kappa shape index (κ3) is 5.89. The number of nitrogens with zero attached hydrogens (tertiary/aromatic N) is 1. The SMILES string of the molecule is Cc1cccc(OCCNC(=O)N(Cc2ccccc2O)CC2CCCO2)c1. The van der Waals surface area contributed by atoms with Crippen molar-refractivity contribution in [1.29, 1.82) is 0 Å². The number of hydrogen-bond acceptors (Lipinski definition) is 4. The average Bonchev–Trinajstić information content (AvgIpc) is 3.19. The summed E-state index contributed by atoms with van der Waals surface area (Å²) in [5, 5.41) is 13.0. The lowest BCUT2D eigenvalue weighted by molar-refractivity contribution is 0.0791. The fourth-order valence-electron chi connectivity index (χ4n) is 3.25. The van der Waals surface area contributed by atoms with Gasteiger partial charge < -0.3 is 24.8 Å². The number of phenolic OH excluding ortho intramolecular Hbond substituents is 1. The lowest BCUT2D eigenvalue weighted by Gasteiger charge is -2.26. The smallest absolute Gasteiger partial charge is 0.317 e. The number of hydrogen-bond donors (Lipinski definition) is 2. The molecule has 1 fully saturated rings. The highest BCUT2D eigenvalue weighted by Crippen LogP contribution is 2.20. The van der Waals surface area contributed by atoms with E-state index in [4.69, 9.17) is 9.47 Å². The number of phenols is 1. The Hall–Kier alpha value is -2.73. The Morgan fingerprint density at radius 3 is 2.89 bits per heavy atom. The molecule has 2 amide bonds. The Bertz CT molecular complexity index is 775. The van der Waals surface area contributed by atoms with Crippen LogP contribution in [0, 0.1) is 6.92 Å². The number of rotatable bonds is 8. The maximum atomic E-state index is 12.7. The minimum Gasteiger partial charge on any atom is -0.508 e. The molecule has 2 aromatic carbocycles. The molecule has 150 valence electrons. The van der Waals surface area contributed by atoms with Crippen molar-refractivity contribution in [3.8, 4) is 11.5 Å². The maximum Gasteiger partial charge on any atom is 0.317 e. The number of benzene rings is 2. The molecule has 1 aliphatic heterocycles. The summed E-state index contributed by atoms with van der Waals surface area (Å²) in [6.07, 6.45) is 2.00. The Balaban J connectivity index is 1.54. The topological polar surface area (TPSA) is 71.0 Å². The second-order valence-electron chi connectivity index (χ2n) is 7.04. The molecule has 28 heavy (non-hydrogen) atoms. The molecule has 0 spiro atoms. The van der Waals surface area contributed by atoms with E-state index >= 15 is 0 Å². The van der Waals surface area contributed by atoms with Gasteiger partial charge in [0, 0.05) is 18.7 Å². The van der Waals surface area contributed by atoms with Gasteiger partial charge in [-0.2, -0.15) is 0 Å². The van der Waals surface area contributed by atoms with E-state index in [-0.39, 0.29) is 17.9 Å². The first kappa shape index (κ1) is 20.0. The van der Waals surface area contributed by atoms with Crippen molar-refractivity contribution in [2.24, 2.45) is 0 Å². The first-order valence-corrected chi connectivity index (χ1v) is 9.72. The molecule has 0 saturated carbocycles. The summed E-state index contributed by atoms with van der Waals surface area (Å²) in [4.78, 5) is 14.4. The molecule has 2 aromatic rings. The van der Waals surface area contributed by atoms with E-state index in [9.17, 15) is 9.90 Å². The van der Waals surface area contributed by atoms with Crippen molar-refractivity contribution >= 4 is 6.03 Å². The van der Waals surface area contributed by atoms with Gasteiger partial charge >= 0.3 is 6.03 Å². The predicted octanol–water partition coefficient (Wildman–Crippen LogP) is 3.47. The Kier molecular flexibility index (Phi) is 7.14. The fourth-order valence-corrected chi connectivity index (χ4v) is 3.25. The van der Waals surface area contributed by atoms with Crippen LogP contribution in [0.5, 0.6) is 11.5 Å². The molecular formula is C22H28N2O4. The Morgan fingerprint density at radius 1 is 1.29 bits per heavy atom. The van der Waals surface area contributed by atoms with Crippen LogP contribution in [0.4, 0.5) is 4.79 Å². The van der Waals surface area contributed by atoms with Gasteiger partial charge in [-0.1, -0.05) is 30.3 Å². The molecule has 0 aromatic heterocycles. The van der Waals surface area contributed by atoms with Crippen molar-refractivity contribution in [1.82, 2.24) is 10.2 Å². The van der Waals surface area contributed by atoms with Gasteiger partial charge in [0.15, 0.2) is 0 Å². The van der Waals surface area contributed by atoms with Crippen LogP contribution < -0.4 is 10.1 Å². The van der Waals surface area contributed by atoms with E-state index in [0.717, 1.165) is 30.8 Å². The quantitative estimate of drug-likeness (QED) is 0.684. The number of carbonyl (C=O) groups is 1. The first-order chi connectivity index (χ1) is 13.6. The third-order valence-electron chi connectivity index (χ3n) is 4.72. The number of carbonyl (C=O) groups excluding carboxylic acids is 1. The van der Waals surface area contributed by atoms with Crippen molar-refractivity contribution in [2.45, 2.75) is 32.4 Å². The Labute approximate surface area is 166 Å². The van der Waals surface area contributed by atoms with E-state index < -0.39 is 0 Å². The molecule has 1 unspecified atom stereocenters. The van der Waals surface area contributed by atoms with Gasteiger partial charge in [0.2, 0.25) is 0 Å². The van der Waals surface area contributed by atoms with Gasteiger partial charge in [-0.25, -0.2) is 4.79 Å². The molecule has 1 aliphatic rings. The number of urea groups is 1. The number of aromatic hydroxyl groups is 1. The fraction of sp³-hybridized carbons (Fsp3) is 0.409. The lowest BCUT2D eigenvalue weighted by atomic mass is 10.1. The summed E-state index contributed by atoms with van der Waals surface area (Å²) >= 11 is 0. The number of aryl methyl sites for hydroxylation is 1. The van der Waals surface area contributed by atoms with E-state index in [1.165, 1.54) is 0 Å². The molecule has 1 atom stereocenters. The summed E-state index contributed by atoms with van der Waals surface area (Å²) < 4.78 is 11.4. The molecule has 0 bridgehead atoms. The van der Waals surface area contributed by atoms with E-state index in [0.29, 0.717) is 31.8 Å². The monoisotopic (exact) mass is 384 g/mol. The van der Waals surface area contributed by atoms with Gasteiger partial charge in [0.05, 0.1) is 19.2 Å². The highest BCUT2D eigenvalue weighted by molar-refractivity contribution is 5.74. The minimum absolute atomic E-state index is 0.0418. The third-order valence-corrected chi connectivity index (χ3v) is 4.72. The molecular weight excluding hydrogens is 356 g/mol. The normalized spacial score (nSPS) is 16.0. The molecule has 6 heteroatoms. The molecule has 1 saturated heterocycles. The summed E-state index contributed by atoms with van der Waals surface area (Å²) in [7, 11) is 0. The number of amides is 2. The van der Waals surface area contributed by atoms with Crippen molar-refractivity contribution < 1.29 is 19.4 Å². The predicted molar refractivity (Wildman–Crippen MR) is 108 cm³/mol. The summed E-state index contributed by atoms with van der Waals surface area (Å²) in [5.41, 5.74) is 1.85. The minimum atomic E-state index is -0.188. The standard InChI is InChI=1S/C22H28N2O4/c1-17-6-4-8-19(14-17)28-13-11-23-22(26)24(16-20-9-5-12-27-20)15-18-7-2-3-10-21(18)25/h2-4,6-8,10,14,20,25H,5,9,11-13,15-16H2,1H3,(H,23,26). The molecule has 0 aliphatic carbocycles. The highest BCUT2D eigenvalue weighted by Gasteiger charge is 2.23. The van der Waals surface area contributed by atoms with Gasteiger partial charge in [-0.3, -0.25) is 0 Å². The average molecular weight is 384 g/mol. The molecule has 1 heterocycles. The zero-order valence-electron chi connectivity index (χ0n) is 16.3. The maximum absolute atomic E-state index is 12.7. The van der Waals surface area contributed by atoms with Crippen molar-refractivity contribution in [3.05, 3.63) is 59.7 Å². The van der Waals surface area contributed by atoms with Gasteiger partial charge in [0.1, 0.15) is 18.1 Å². The summed E-state index contributed by atoms with van der Waals surface area (Å²) in [6.45, 7) is 4.36. The zero-order chi connectivity index (χ0) is 19.8. The number of ether oxygens (including phenoxy) is 2. The summed E-state index contributed by atoms with van der Waals surface area (Å²) in [6, 6.07) is 14.7. The zero-order valence-corrected chi connectivity index (χ0v) is 16.3. The van der Waals surface area contributed by atoms with Crippen LogP contribution in [0.3, 0.4) is 0 Å². The molecule has 0 radical (unpaired) electrons. The number of para-hydroxylation sites is 1. The van der Waals surface area contributed by atoms with E-state index in [2.05, 4.69) is 5.32 Å². The van der Waals surface area contributed by atoms with Crippen LogP contribution in [0.15, 0.2) is 48.5 Å². The van der Waals surface area contributed by atoms with Crippen LogP contribution in [-0.2, 0) is 11.3 Å². The second kappa shape index (κ2) is 9.99. The van der Waals surface area contributed by atoms with Crippen LogP contribution in [0.2, 0.25) is 0 Å². The van der Waals surface area contributed by atoms with E-state index in [1.807, 2.05) is 43.3 Å². The first-order valence-electron chi connectivity index (χ1n) is 9.72. The second-order valence-corrected chi connectivity index (χ2v) is 7.04. The van der Waals surface area contributed by atoms with Crippen molar-refractivity contribution in [2.75, 3.05) is 26.3 Å². The van der Waals surface area contributed by atoms with Crippen LogP contribution in [0.25, 0.3) is 0 Å². The van der Waals surface area contributed by atoms with Crippen LogP contribution >= 0.6 is 0 Å². The molecule has 3 rings (SSSR count). The van der Waals surface area contributed by atoms with Gasteiger partial charge in [-0.05, 0) is 43.5 Å². The Morgan fingerprint density at radius 2 is 2.14 bits per heavy atom. The van der Waals surface area contributed by atoms with E-state index in [1.54, 1.807) is 17.0 Å². The largest absolute Gasteiger partial charge is 0.508 e. The van der Waals surface area contributed by atoms with Crippen molar-refractivity contribution in [3.63, 3.8) is 0 Å². The molecule has 6 nitrogen and oxygen atoms in total. The molecule has 2 N–H and O–H groups in total. The van der Waals surface area contributed by atoms with Crippen LogP contribution in [0.1, 0.15) is 24.0 Å².